The van der Waals surface area contributed by atoms with Crippen molar-refractivity contribution >= 4 is 0 Å². The first-order valence-corrected chi connectivity index (χ1v) is 4.09. The third kappa shape index (κ3) is 3.67. The summed E-state index contributed by atoms with van der Waals surface area (Å²) < 4.78 is 0. The third-order valence-electron chi connectivity index (χ3n) is 1.64. The van der Waals surface area contributed by atoms with Crippen molar-refractivity contribution in [1.82, 2.24) is 0 Å². The molecule has 1 heteroatoms. The maximum absolute atomic E-state index is 9.17. The first-order valence-electron chi connectivity index (χ1n) is 4.09. The van der Waals surface area contributed by atoms with Gasteiger partial charge in [-0.2, -0.15) is 0 Å². The lowest BCUT2D eigenvalue weighted by Crippen LogP contribution is -2.03. The fraction of sp³-hybridized carbons (Fsp3) is 0.778. The van der Waals surface area contributed by atoms with Crippen LogP contribution < -0.4 is 0 Å². The molecule has 0 aliphatic carbocycles. The van der Waals surface area contributed by atoms with Gasteiger partial charge in [0.25, 0.3) is 0 Å². The Hall–Kier alpha value is -0.300. The molecule has 0 radical (unpaired) electrons. The van der Waals surface area contributed by atoms with E-state index in [1.165, 1.54) is 5.57 Å². The van der Waals surface area contributed by atoms with Gasteiger partial charge in [-0.25, -0.2) is 0 Å². The van der Waals surface area contributed by atoms with Crippen molar-refractivity contribution in [3.8, 4) is 0 Å². The first-order chi connectivity index (χ1) is 4.72. The maximum atomic E-state index is 9.17. The van der Waals surface area contributed by atoms with E-state index in [2.05, 4.69) is 19.9 Å². The lowest BCUT2D eigenvalue weighted by atomic mass is 10.1. The summed E-state index contributed by atoms with van der Waals surface area (Å²) in [6.45, 7) is 6.05. The highest BCUT2D eigenvalue weighted by molar-refractivity contribution is 5.05. The number of aliphatic hydroxyl groups is 1. The highest BCUT2D eigenvalue weighted by Crippen LogP contribution is 2.08. The molecule has 0 spiro atoms. The molecule has 1 unspecified atom stereocenters. The number of aliphatic hydroxyl groups excluding tert-OH is 1. The summed E-state index contributed by atoms with van der Waals surface area (Å²) in [6.07, 6.45) is 5.11. The molecular formula is C9H18O. The van der Waals surface area contributed by atoms with Crippen LogP contribution in [0.5, 0.6) is 0 Å². The second-order valence-corrected chi connectivity index (χ2v) is 2.60. The summed E-state index contributed by atoms with van der Waals surface area (Å²) >= 11 is 0. The van der Waals surface area contributed by atoms with E-state index in [1.807, 2.05) is 6.92 Å². The quantitative estimate of drug-likeness (QED) is 0.598. The Bertz CT molecular complexity index is 103. The zero-order valence-corrected chi connectivity index (χ0v) is 7.22. The van der Waals surface area contributed by atoms with Gasteiger partial charge in [0, 0.05) is 0 Å². The zero-order chi connectivity index (χ0) is 7.98. The molecule has 0 aromatic carbocycles. The van der Waals surface area contributed by atoms with Crippen molar-refractivity contribution in [2.24, 2.45) is 0 Å². The number of hydrogen-bond donors (Lipinski definition) is 1. The van der Waals surface area contributed by atoms with Gasteiger partial charge in [0.15, 0.2) is 0 Å². The topological polar surface area (TPSA) is 20.2 Å². The second kappa shape index (κ2) is 5.48. The average Bonchev–Trinajstić information content (AvgIpc) is 1.89. The standard InChI is InChI=1S/C9H18O/c1-4-6-7-9(5-2)8(3)10/h7-8,10H,4-6H2,1-3H3/b9-7+. The molecular weight excluding hydrogens is 124 g/mol. The Kier molecular flexibility index (Phi) is 5.32. The fourth-order valence-electron chi connectivity index (χ4n) is 0.940. The molecule has 1 atom stereocenters. The van der Waals surface area contributed by atoms with Crippen molar-refractivity contribution in [1.29, 1.82) is 0 Å². The second-order valence-electron chi connectivity index (χ2n) is 2.60. The molecule has 0 fully saturated rings. The first kappa shape index (κ1) is 9.70. The van der Waals surface area contributed by atoms with Gasteiger partial charge in [0.05, 0.1) is 6.10 Å². The van der Waals surface area contributed by atoms with E-state index >= 15 is 0 Å². The van der Waals surface area contributed by atoms with Crippen molar-refractivity contribution in [2.45, 2.75) is 46.1 Å². The van der Waals surface area contributed by atoms with Crippen LogP contribution >= 0.6 is 0 Å². The summed E-state index contributed by atoms with van der Waals surface area (Å²) in [6, 6.07) is 0. The van der Waals surface area contributed by atoms with Gasteiger partial charge in [-0.15, -0.1) is 0 Å². The zero-order valence-electron chi connectivity index (χ0n) is 7.22. The van der Waals surface area contributed by atoms with Crippen LogP contribution in [-0.4, -0.2) is 11.2 Å². The van der Waals surface area contributed by atoms with Crippen LogP contribution in [0.3, 0.4) is 0 Å². The molecule has 0 bridgehead atoms. The smallest absolute Gasteiger partial charge is 0.0721 e. The van der Waals surface area contributed by atoms with Crippen molar-refractivity contribution in [2.75, 3.05) is 0 Å². The van der Waals surface area contributed by atoms with E-state index in [4.69, 9.17) is 0 Å². The van der Waals surface area contributed by atoms with Crippen molar-refractivity contribution < 1.29 is 5.11 Å². The van der Waals surface area contributed by atoms with Crippen LogP contribution in [0.2, 0.25) is 0 Å². The molecule has 1 nitrogen and oxygen atoms in total. The third-order valence-corrected chi connectivity index (χ3v) is 1.64. The number of rotatable bonds is 4. The van der Waals surface area contributed by atoms with Gasteiger partial charge in [-0.3, -0.25) is 0 Å². The Morgan fingerprint density at radius 1 is 1.50 bits per heavy atom. The predicted octanol–water partition coefficient (Wildman–Crippen LogP) is 2.50. The predicted molar refractivity (Wildman–Crippen MR) is 45.0 cm³/mol. The SMILES string of the molecule is CCC/C=C(\CC)C(C)O. The molecule has 0 aliphatic heterocycles. The highest BCUT2D eigenvalue weighted by Gasteiger charge is 1.99. The van der Waals surface area contributed by atoms with Crippen LogP contribution in [0.15, 0.2) is 11.6 Å². The van der Waals surface area contributed by atoms with Crippen LogP contribution in [0, 0.1) is 0 Å². The lowest BCUT2D eigenvalue weighted by molar-refractivity contribution is 0.227. The van der Waals surface area contributed by atoms with E-state index in [1.54, 1.807) is 0 Å². The maximum Gasteiger partial charge on any atom is 0.0721 e. The van der Waals surface area contributed by atoms with Gasteiger partial charge in [0.2, 0.25) is 0 Å². The molecule has 0 saturated heterocycles. The molecule has 0 heterocycles. The normalized spacial score (nSPS) is 15.4. The Morgan fingerprint density at radius 3 is 2.40 bits per heavy atom. The molecule has 0 saturated carbocycles. The fourth-order valence-corrected chi connectivity index (χ4v) is 0.940. The van der Waals surface area contributed by atoms with E-state index in [0.29, 0.717) is 0 Å². The van der Waals surface area contributed by atoms with E-state index in [9.17, 15) is 5.11 Å². The molecule has 0 rings (SSSR count). The number of hydrogen-bond acceptors (Lipinski definition) is 1. The van der Waals surface area contributed by atoms with Crippen LogP contribution in [0.25, 0.3) is 0 Å². The van der Waals surface area contributed by atoms with Gasteiger partial charge in [-0.1, -0.05) is 26.3 Å². The summed E-state index contributed by atoms with van der Waals surface area (Å²) in [5.74, 6) is 0. The average molecular weight is 142 g/mol. The van der Waals surface area contributed by atoms with Gasteiger partial charge in [-0.05, 0) is 25.3 Å². The van der Waals surface area contributed by atoms with E-state index in [-0.39, 0.29) is 6.10 Å². The number of unbranched alkanes of at least 4 members (excludes halogenated alkanes) is 1. The molecule has 0 aromatic rings. The Labute approximate surface area is 63.8 Å². The van der Waals surface area contributed by atoms with Crippen molar-refractivity contribution in [3.63, 3.8) is 0 Å². The molecule has 60 valence electrons. The van der Waals surface area contributed by atoms with Gasteiger partial charge >= 0.3 is 0 Å². The van der Waals surface area contributed by atoms with Crippen LogP contribution in [0.4, 0.5) is 0 Å². The summed E-state index contributed by atoms with van der Waals surface area (Å²) in [5, 5.41) is 9.17. The van der Waals surface area contributed by atoms with Gasteiger partial charge < -0.3 is 5.11 Å². The van der Waals surface area contributed by atoms with Crippen molar-refractivity contribution in [3.05, 3.63) is 11.6 Å². The van der Waals surface area contributed by atoms with E-state index in [0.717, 1.165) is 19.3 Å². The van der Waals surface area contributed by atoms with Crippen LogP contribution in [0.1, 0.15) is 40.0 Å². The summed E-state index contributed by atoms with van der Waals surface area (Å²) in [5.41, 5.74) is 1.17. The molecule has 0 amide bonds. The largest absolute Gasteiger partial charge is 0.389 e. The number of allylic oxidation sites excluding steroid dienone is 1. The Balaban J connectivity index is 3.79. The lowest BCUT2D eigenvalue weighted by Gasteiger charge is -2.06. The van der Waals surface area contributed by atoms with Crippen LogP contribution in [-0.2, 0) is 0 Å². The summed E-state index contributed by atoms with van der Waals surface area (Å²) in [4.78, 5) is 0. The molecule has 0 aliphatic rings. The minimum atomic E-state index is -0.253. The van der Waals surface area contributed by atoms with Gasteiger partial charge in [0.1, 0.15) is 0 Å². The highest BCUT2D eigenvalue weighted by atomic mass is 16.3. The molecule has 0 aromatic heterocycles. The summed E-state index contributed by atoms with van der Waals surface area (Å²) in [7, 11) is 0. The molecule has 10 heavy (non-hydrogen) atoms. The minimum absolute atomic E-state index is 0.253. The monoisotopic (exact) mass is 142 g/mol. The van der Waals surface area contributed by atoms with E-state index < -0.39 is 0 Å². The Morgan fingerprint density at radius 2 is 2.10 bits per heavy atom. The minimum Gasteiger partial charge on any atom is -0.389 e. The molecule has 1 N–H and O–H groups in total.